The van der Waals surface area contributed by atoms with E-state index in [1.165, 1.54) is 7.11 Å². The monoisotopic (exact) mass is 296 g/mol. The van der Waals surface area contributed by atoms with Gasteiger partial charge in [0.05, 0.1) is 22.8 Å². The molecule has 0 atom stereocenters. The van der Waals surface area contributed by atoms with Crippen molar-refractivity contribution in [1.82, 2.24) is 4.98 Å². The van der Waals surface area contributed by atoms with E-state index in [0.717, 1.165) is 0 Å². The summed E-state index contributed by atoms with van der Waals surface area (Å²) in [4.78, 5) is 16.1. The lowest BCUT2D eigenvalue weighted by atomic mass is 10.2. The Balaban J connectivity index is 2.28. The van der Waals surface area contributed by atoms with Crippen LogP contribution in [-0.2, 0) is 0 Å². The van der Waals surface area contributed by atoms with E-state index in [-0.39, 0.29) is 11.8 Å². The van der Waals surface area contributed by atoms with Gasteiger partial charge in [-0.2, -0.15) is 0 Å². The van der Waals surface area contributed by atoms with Gasteiger partial charge in [0.15, 0.2) is 0 Å². The molecule has 2 aromatic rings. The molecule has 98 valence electrons. The van der Waals surface area contributed by atoms with Crippen molar-refractivity contribution in [2.75, 3.05) is 12.4 Å². The van der Waals surface area contributed by atoms with E-state index in [4.69, 9.17) is 27.9 Å². The van der Waals surface area contributed by atoms with Gasteiger partial charge in [-0.05, 0) is 24.3 Å². The molecule has 1 aromatic carbocycles. The summed E-state index contributed by atoms with van der Waals surface area (Å²) in [6, 6.07) is 8.26. The average molecular weight is 297 g/mol. The van der Waals surface area contributed by atoms with Crippen molar-refractivity contribution >= 4 is 34.8 Å². The Hall–Kier alpha value is -1.78. The molecule has 0 fully saturated rings. The predicted molar refractivity (Wildman–Crippen MR) is 75.2 cm³/mol. The number of ether oxygens (including phenoxy) is 1. The summed E-state index contributed by atoms with van der Waals surface area (Å²) < 4.78 is 5.03. The van der Waals surface area contributed by atoms with Gasteiger partial charge in [-0.15, -0.1) is 0 Å². The highest BCUT2D eigenvalue weighted by molar-refractivity contribution is 6.44. The predicted octanol–water partition coefficient (Wildman–Crippen LogP) is 3.65. The van der Waals surface area contributed by atoms with Crippen molar-refractivity contribution in [3.8, 4) is 5.88 Å². The number of methoxy groups -OCH3 is 1. The SMILES string of the molecule is COc1ncccc1C(=O)Nc1cccc(Cl)c1Cl. The van der Waals surface area contributed by atoms with Crippen LogP contribution >= 0.6 is 23.2 Å². The molecule has 6 heteroatoms. The molecule has 2 rings (SSSR count). The van der Waals surface area contributed by atoms with Crippen LogP contribution in [0.2, 0.25) is 10.0 Å². The number of amides is 1. The molecule has 0 aliphatic rings. The number of anilines is 1. The number of nitrogens with one attached hydrogen (secondary N) is 1. The Morgan fingerprint density at radius 2 is 2.05 bits per heavy atom. The topological polar surface area (TPSA) is 51.2 Å². The number of hydrogen-bond acceptors (Lipinski definition) is 3. The third-order valence-corrected chi connectivity index (χ3v) is 3.23. The molecule has 4 nitrogen and oxygen atoms in total. The summed E-state index contributed by atoms with van der Waals surface area (Å²) in [7, 11) is 1.45. The molecule has 0 saturated heterocycles. The van der Waals surface area contributed by atoms with Gasteiger partial charge < -0.3 is 10.1 Å². The van der Waals surface area contributed by atoms with Crippen molar-refractivity contribution in [3.05, 3.63) is 52.1 Å². The van der Waals surface area contributed by atoms with Crippen LogP contribution in [0.4, 0.5) is 5.69 Å². The zero-order valence-electron chi connectivity index (χ0n) is 9.98. The van der Waals surface area contributed by atoms with Crippen LogP contribution in [0.5, 0.6) is 5.88 Å². The fraction of sp³-hybridized carbons (Fsp3) is 0.0769. The van der Waals surface area contributed by atoms with Crippen molar-refractivity contribution in [2.24, 2.45) is 0 Å². The third kappa shape index (κ3) is 2.97. The first-order valence-electron chi connectivity index (χ1n) is 5.38. The van der Waals surface area contributed by atoms with Gasteiger partial charge in [-0.3, -0.25) is 4.79 Å². The maximum absolute atomic E-state index is 12.1. The molecule has 19 heavy (non-hydrogen) atoms. The Labute approximate surface area is 120 Å². The number of halogens is 2. The van der Waals surface area contributed by atoms with E-state index < -0.39 is 0 Å². The molecule has 0 radical (unpaired) electrons. The summed E-state index contributed by atoms with van der Waals surface area (Å²) in [6.07, 6.45) is 1.54. The lowest BCUT2D eigenvalue weighted by Crippen LogP contribution is -2.14. The van der Waals surface area contributed by atoms with Crippen LogP contribution in [0.15, 0.2) is 36.5 Å². The Morgan fingerprint density at radius 1 is 1.26 bits per heavy atom. The van der Waals surface area contributed by atoms with Gasteiger partial charge in [-0.1, -0.05) is 29.3 Å². The molecule has 0 aliphatic carbocycles. The van der Waals surface area contributed by atoms with Crippen LogP contribution in [0.3, 0.4) is 0 Å². The Kier molecular flexibility index (Phi) is 4.24. The number of nitrogens with zero attached hydrogens (tertiary/aromatic N) is 1. The molecule has 1 amide bonds. The first kappa shape index (κ1) is 13.6. The second-order valence-electron chi connectivity index (χ2n) is 3.62. The van der Waals surface area contributed by atoms with Crippen molar-refractivity contribution in [2.45, 2.75) is 0 Å². The van der Waals surface area contributed by atoms with Gasteiger partial charge in [0.2, 0.25) is 5.88 Å². The number of pyridine rings is 1. The number of carbonyl (C=O) groups is 1. The lowest BCUT2D eigenvalue weighted by Gasteiger charge is -2.09. The second kappa shape index (κ2) is 5.91. The Morgan fingerprint density at radius 3 is 2.79 bits per heavy atom. The second-order valence-corrected chi connectivity index (χ2v) is 4.40. The van der Waals surface area contributed by atoms with E-state index in [0.29, 0.717) is 21.3 Å². The summed E-state index contributed by atoms with van der Waals surface area (Å²) in [6.45, 7) is 0. The standard InChI is InChI=1S/C13H10Cl2N2O2/c1-19-13-8(4-3-7-16-13)12(18)17-10-6-2-5-9(14)11(10)15/h2-7H,1H3,(H,17,18). The van der Waals surface area contributed by atoms with Crippen LogP contribution < -0.4 is 10.1 Å². The first-order valence-corrected chi connectivity index (χ1v) is 6.13. The van der Waals surface area contributed by atoms with Crippen LogP contribution in [-0.4, -0.2) is 18.0 Å². The van der Waals surface area contributed by atoms with Gasteiger partial charge in [-0.25, -0.2) is 4.98 Å². The van der Waals surface area contributed by atoms with Crippen LogP contribution in [0.25, 0.3) is 0 Å². The molecular weight excluding hydrogens is 287 g/mol. The molecular formula is C13H10Cl2N2O2. The largest absolute Gasteiger partial charge is 0.480 e. The van der Waals surface area contributed by atoms with Crippen LogP contribution in [0, 0.1) is 0 Å². The normalized spacial score (nSPS) is 10.1. The third-order valence-electron chi connectivity index (χ3n) is 2.41. The molecule has 0 saturated carbocycles. The van der Waals surface area contributed by atoms with Gasteiger partial charge in [0, 0.05) is 6.20 Å². The van der Waals surface area contributed by atoms with Crippen LogP contribution in [0.1, 0.15) is 10.4 Å². The highest BCUT2D eigenvalue weighted by atomic mass is 35.5. The number of rotatable bonds is 3. The Bertz CT molecular complexity index is 617. The van der Waals surface area contributed by atoms with E-state index in [1.807, 2.05) is 0 Å². The van der Waals surface area contributed by atoms with E-state index in [2.05, 4.69) is 10.3 Å². The van der Waals surface area contributed by atoms with Gasteiger partial charge in [0.1, 0.15) is 5.56 Å². The minimum absolute atomic E-state index is 0.248. The smallest absolute Gasteiger partial charge is 0.261 e. The molecule has 0 aliphatic heterocycles. The average Bonchev–Trinajstić information content (AvgIpc) is 2.43. The number of carbonyl (C=O) groups excluding carboxylic acids is 1. The summed E-state index contributed by atoms with van der Waals surface area (Å²) in [5, 5.41) is 3.33. The summed E-state index contributed by atoms with van der Waals surface area (Å²) in [5.74, 6) is -0.118. The zero-order chi connectivity index (χ0) is 13.8. The fourth-order valence-corrected chi connectivity index (χ4v) is 1.86. The first-order chi connectivity index (χ1) is 9.13. The maximum Gasteiger partial charge on any atom is 0.261 e. The van der Waals surface area contributed by atoms with Crippen molar-refractivity contribution in [1.29, 1.82) is 0 Å². The summed E-state index contributed by atoms with van der Waals surface area (Å²) in [5.41, 5.74) is 0.756. The molecule has 1 aromatic heterocycles. The maximum atomic E-state index is 12.1. The fourth-order valence-electron chi connectivity index (χ4n) is 1.52. The number of benzene rings is 1. The minimum atomic E-state index is -0.367. The minimum Gasteiger partial charge on any atom is -0.480 e. The van der Waals surface area contributed by atoms with Crippen molar-refractivity contribution in [3.63, 3.8) is 0 Å². The number of aromatic nitrogens is 1. The highest BCUT2D eigenvalue weighted by Gasteiger charge is 2.14. The highest BCUT2D eigenvalue weighted by Crippen LogP contribution is 2.30. The quantitative estimate of drug-likeness (QED) is 0.940. The van der Waals surface area contributed by atoms with E-state index >= 15 is 0 Å². The molecule has 0 spiro atoms. The lowest BCUT2D eigenvalue weighted by molar-refractivity contribution is 0.102. The van der Waals surface area contributed by atoms with Gasteiger partial charge in [0.25, 0.3) is 5.91 Å². The molecule has 1 N–H and O–H groups in total. The molecule has 0 bridgehead atoms. The molecule has 1 heterocycles. The summed E-state index contributed by atoms with van der Waals surface area (Å²) >= 11 is 11.9. The van der Waals surface area contributed by atoms with E-state index in [1.54, 1.807) is 36.5 Å². The van der Waals surface area contributed by atoms with Crippen molar-refractivity contribution < 1.29 is 9.53 Å². The number of hydrogen-bond donors (Lipinski definition) is 1. The molecule has 0 unspecified atom stereocenters. The van der Waals surface area contributed by atoms with E-state index in [9.17, 15) is 4.79 Å². The zero-order valence-corrected chi connectivity index (χ0v) is 11.5. The van der Waals surface area contributed by atoms with Gasteiger partial charge >= 0.3 is 0 Å².